The molecule has 0 aliphatic carbocycles. The number of carbonyl (C=O) groups excluding carboxylic acids is 1. The maximum atomic E-state index is 11.6. The van der Waals surface area contributed by atoms with E-state index in [1.165, 1.54) is 5.56 Å². The average Bonchev–Trinajstić information content (AvgIpc) is 2.99. The number of hydrogen-bond acceptors (Lipinski definition) is 3. The number of rotatable bonds is 7. The summed E-state index contributed by atoms with van der Waals surface area (Å²) in [5, 5.41) is 7.73. The summed E-state index contributed by atoms with van der Waals surface area (Å²) in [4.78, 5) is 15.0. The predicted molar refractivity (Wildman–Crippen MR) is 87.3 cm³/mol. The first-order chi connectivity index (χ1) is 10.2. The molecule has 21 heavy (non-hydrogen) atoms. The molecular formula is C16H21N3OS. The molecule has 1 aromatic carbocycles. The number of carbonyl (C=O) groups is 1. The van der Waals surface area contributed by atoms with Crippen LogP contribution in [0.25, 0.3) is 0 Å². The van der Waals surface area contributed by atoms with Crippen molar-refractivity contribution in [1.29, 1.82) is 0 Å². The highest BCUT2D eigenvalue weighted by atomic mass is 32.1. The normalized spacial score (nSPS) is 10.6. The zero-order chi connectivity index (χ0) is 14.9. The van der Waals surface area contributed by atoms with E-state index in [0.717, 1.165) is 18.0 Å². The van der Waals surface area contributed by atoms with Gasteiger partial charge in [-0.15, -0.1) is 11.3 Å². The van der Waals surface area contributed by atoms with Gasteiger partial charge in [0, 0.05) is 24.5 Å². The Hall–Kier alpha value is -1.85. The lowest BCUT2D eigenvalue weighted by Crippen LogP contribution is -2.39. The number of benzene rings is 1. The zero-order valence-corrected chi connectivity index (χ0v) is 13.0. The van der Waals surface area contributed by atoms with Crippen molar-refractivity contribution >= 4 is 17.4 Å². The Balaban J connectivity index is 1.59. The van der Waals surface area contributed by atoms with Crippen LogP contribution in [-0.4, -0.2) is 31.1 Å². The predicted octanol–water partition coefficient (Wildman–Crippen LogP) is 2.68. The van der Waals surface area contributed by atoms with Gasteiger partial charge in [0.05, 0.1) is 6.54 Å². The topological polar surface area (TPSA) is 44.4 Å². The minimum Gasteiger partial charge on any atom is -0.337 e. The van der Waals surface area contributed by atoms with Gasteiger partial charge in [0.15, 0.2) is 0 Å². The molecule has 112 valence electrons. The van der Waals surface area contributed by atoms with E-state index in [0.29, 0.717) is 13.1 Å². The number of likely N-dealkylation sites (N-methyl/N-ethyl adjacent to an activating group) is 1. The summed E-state index contributed by atoms with van der Waals surface area (Å²) in [5.74, 6) is 0. The third kappa shape index (κ3) is 5.97. The van der Waals surface area contributed by atoms with Gasteiger partial charge in [0.2, 0.25) is 0 Å². The van der Waals surface area contributed by atoms with Crippen LogP contribution in [0.2, 0.25) is 0 Å². The highest BCUT2D eigenvalue weighted by molar-refractivity contribution is 7.09. The van der Waals surface area contributed by atoms with Crippen LogP contribution in [0.5, 0.6) is 0 Å². The molecule has 0 bridgehead atoms. The molecule has 0 spiro atoms. The van der Waals surface area contributed by atoms with Crippen LogP contribution >= 0.6 is 11.3 Å². The highest BCUT2D eigenvalue weighted by Crippen LogP contribution is 2.07. The highest BCUT2D eigenvalue weighted by Gasteiger charge is 2.03. The SMILES string of the molecule is CN(CCNC(=O)NCc1cccs1)Cc1ccccc1. The standard InChI is InChI=1S/C16H21N3OS/c1-19(13-14-6-3-2-4-7-14)10-9-17-16(20)18-12-15-8-5-11-21-15/h2-8,11H,9-10,12-13H2,1H3,(H2,17,18,20). The Morgan fingerprint density at radius 3 is 2.67 bits per heavy atom. The fourth-order valence-corrected chi connectivity index (χ4v) is 2.62. The van der Waals surface area contributed by atoms with Crippen molar-refractivity contribution in [2.75, 3.05) is 20.1 Å². The molecular weight excluding hydrogens is 282 g/mol. The van der Waals surface area contributed by atoms with Gasteiger partial charge < -0.3 is 15.5 Å². The Morgan fingerprint density at radius 2 is 1.95 bits per heavy atom. The molecule has 0 unspecified atom stereocenters. The van der Waals surface area contributed by atoms with Gasteiger partial charge in [-0.25, -0.2) is 4.79 Å². The number of urea groups is 1. The number of amides is 2. The van der Waals surface area contributed by atoms with E-state index in [4.69, 9.17) is 0 Å². The van der Waals surface area contributed by atoms with Crippen molar-refractivity contribution in [1.82, 2.24) is 15.5 Å². The number of hydrogen-bond donors (Lipinski definition) is 2. The average molecular weight is 303 g/mol. The van der Waals surface area contributed by atoms with E-state index in [-0.39, 0.29) is 6.03 Å². The summed E-state index contributed by atoms with van der Waals surface area (Å²) < 4.78 is 0. The number of nitrogens with zero attached hydrogens (tertiary/aromatic N) is 1. The van der Waals surface area contributed by atoms with Crippen LogP contribution in [0.4, 0.5) is 4.79 Å². The molecule has 0 radical (unpaired) electrons. The Morgan fingerprint density at radius 1 is 1.14 bits per heavy atom. The quantitative estimate of drug-likeness (QED) is 0.826. The lowest BCUT2D eigenvalue weighted by atomic mass is 10.2. The molecule has 0 saturated heterocycles. The van der Waals surface area contributed by atoms with Crippen LogP contribution in [-0.2, 0) is 13.1 Å². The van der Waals surface area contributed by atoms with Crippen LogP contribution in [0.3, 0.4) is 0 Å². The maximum absolute atomic E-state index is 11.6. The van der Waals surface area contributed by atoms with Crippen LogP contribution in [0.15, 0.2) is 47.8 Å². The van der Waals surface area contributed by atoms with E-state index in [1.54, 1.807) is 11.3 Å². The van der Waals surface area contributed by atoms with E-state index in [9.17, 15) is 4.79 Å². The number of nitrogens with one attached hydrogen (secondary N) is 2. The minimum atomic E-state index is -0.114. The first-order valence-electron chi connectivity index (χ1n) is 7.00. The molecule has 0 aliphatic heterocycles. The molecule has 2 aromatic rings. The van der Waals surface area contributed by atoms with E-state index >= 15 is 0 Å². The molecule has 2 amide bonds. The van der Waals surface area contributed by atoms with Crippen molar-refractivity contribution in [3.05, 3.63) is 58.3 Å². The van der Waals surface area contributed by atoms with Gasteiger partial charge >= 0.3 is 6.03 Å². The summed E-state index contributed by atoms with van der Waals surface area (Å²) in [6, 6.07) is 14.2. The second-order valence-corrected chi connectivity index (χ2v) is 5.94. The van der Waals surface area contributed by atoms with E-state index in [1.807, 2.05) is 35.7 Å². The first kappa shape index (κ1) is 15.5. The molecule has 2 N–H and O–H groups in total. The van der Waals surface area contributed by atoms with E-state index < -0.39 is 0 Å². The summed E-state index contributed by atoms with van der Waals surface area (Å²) in [7, 11) is 2.05. The molecule has 1 aromatic heterocycles. The number of thiophene rings is 1. The van der Waals surface area contributed by atoms with Gasteiger partial charge in [-0.1, -0.05) is 36.4 Å². The van der Waals surface area contributed by atoms with Crippen LogP contribution in [0.1, 0.15) is 10.4 Å². The van der Waals surface area contributed by atoms with Gasteiger partial charge in [-0.2, -0.15) is 0 Å². The summed E-state index contributed by atoms with van der Waals surface area (Å²) in [6.45, 7) is 2.93. The maximum Gasteiger partial charge on any atom is 0.315 e. The molecule has 0 aliphatic rings. The van der Waals surface area contributed by atoms with E-state index in [2.05, 4.69) is 34.7 Å². The fraction of sp³-hybridized carbons (Fsp3) is 0.312. The molecule has 0 atom stereocenters. The van der Waals surface area contributed by atoms with Gasteiger partial charge in [0.1, 0.15) is 0 Å². The molecule has 0 fully saturated rings. The second-order valence-electron chi connectivity index (χ2n) is 4.91. The minimum absolute atomic E-state index is 0.114. The molecule has 0 saturated carbocycles. The van der Waals surface area contributed by atoms with Gasteiger partial charge in [-0.3, -0.25) is 0 Å². The van der Waals surface area contributed by atoms with Crippen LogP contribution in [0, 0.1) is 0 Å². The largest absolute Gasteiger partial charge is 0.337 e. The third-order valence-corrected chi connectivity index (χ3v) is 3.95. The Kier molecular flexibility index (Phi) is 6.24. The van der Waals surface area contributed by atoms with Crippen molar-refractivity contribution in [3.8, 4) is 0 Å². The molecule has 5 heteroatoms. The Labute approximate surface area is 129 Å². The molecule has 4 nitrogen and oxygen atoms in total. The summed E-state index contributed by atoms with van der Waals surface area (Å²) in [5.41, 5.74) is 1.28. The van der Waals surface area contributed by atoms with Crippen molar-refractivity contribution < 1.29 is 4.79 Å². The summed E-state index contributed by atoms with van der Waals surface area (Å²) >= 11 is 1.64. The fourth-order valence-electron chi connectivity index (χ4n) is 1.98. The second kappa shape index (κ2) is 8.44. The van der Waals surface area contributed by atoms with Crippen LogP contribution < -0.4 is 10.6 Å². The lowest BCUT2D eigenvalue weighted by molar-refractivity contribution is 0.237. The van der Waals surface area contributed by atoms with Crippen molar-refractivity contribution in [3.63, 3.8) is 0 Å². The van der Waals surface area contributed by atoms with Gasteiger partial charge in [0.25, 0.3) is 0 Å². The van der Waals surface area contributed by atoms with Gasteiger partial charge in [-0.05, 0) is 24.1 Å². The summed E-state index contributed by atoms with van der Waals surface area (Å²) in [6.07, 6.45) is 0. The first-order valence-corrected chi connectivity index (χ1v) is 7.88. The van der Waals surface area contributed by atoms with Crippen molar-refractivity contribution in [2.45, 2.75) is 13.1 Å². The zero-order valence-electron chi connectivity index (χ0n) is 12.2. The monoisotopic (exact) mass is 303 g/mol. The smallest absolute Gasteiger partial charge is 0.315 e. The van der Waals surface area contributed by atoms with Crippen molar-refractivity contribution in [2.24, 2.45) is 0 Å². The molecule has 2 rings (SSSR count). The Bertz CT molecular complexity index is 528. The molecule has 1 heterocycles. The third-order valence-electron chi connectivity index (χ3n) is 3.08. The lowest BCUT2D eigenvalue weighted by Gasteiger charge is -2.17.